The fourth-order valence-electron chi connectivity index (χ4n) is 3.04. The zero-order valence-electron chi connectivity index (χ0n) is 14.6. The molecule has 1 fully saturated rings. The van der Waals surface area contributed by atoms with Crippen LogP contribution in [0.15, 0.2) is 59.8 Å². The topological polar surface area (TPSA) is 70.7 Å². The molecule has 0 atom stereocenters. The van der Waals surface area contributed by atoms with Crippen molar-refractivity contribution in [3.63, 3.8) is 0 Å². The molecule has 0 unspecified atom stereocenters. The number of hydrogen-bond donors (Lipinski definition) is 2. The molecule has 0 bridgehead atoms. The van der Waals surface area contributed by atoms with Gasteiger partial charge in [0.05, 0.1) is 11.3 Å². The molecule has 2 aromatic carbocycles. The Morgan fingerprint density at radius 3 is 2.63 bits per heavy atom. The second-order valence-electron chi connectivity index (χ2n) is 6.66. The van der Waals surface area contributed by atoms with Crippen LogP contribution in [0.25, 0.3) is 11.4 Å². The SMILES string of the molecule is O=C(CSc1n[nH]c(-c2ccccc2F)n1)NCC1(c2ccccc2)CC1. The van der Waals surface area contributed by atoms with Crippen LogP contribution in [0.5, 0.6) is 0 Å². The van der Waals surface area contributed by atoms with Crippen LogP contribution in [0.4, 0.5) is 4.39 Å². The number of amides is 1. The van der Waals surface area contributed by atoms with Crippen molar-refractivity contribution in [1.29, 1.82) is 0 Å². The third-order valence-electron chi connectivity index (χ3n) is 4.79. The predicted molar refractivity (Wildman–Crippen MR) is 103 cm³/mol. The van der Waals surface area contributed by atoms with Crippen LogP contribution in [0.1, 0.15) is 18.4 Å². The number of benzene rings is 2. The van der Waals surface area contributed by atoms with E-state index in [9.17, 15) is 9.18 Å². The Morgan fingerprint density at radius 2 is 1.89 bits per heavy atom. The smallest absolute Gasteiger partial charge is 0.230 e. The number of nitrogens with one attached hydrogen (secondary N) is 2. The van der Waals surface area contributed by atoms with Crippen LogP contribution in [0, 0.1) is 5.82 Å². The van der Waals surface area contributed by atoms with Crippen molar-refractivity contribution >= 4 is 17.7 Å². The van der Waals surface area contributed by atoms with Gasteiger partial charge in [-0.1, -0.05) is 54.2 Å². The second kappa shape index (κ2) is 7.52. The minimum absolute atomic E-state index is 0.0561. The highest BCUT2D eigenvalue weighted by molar-refractivity contribution is 7.99. The highest BCUT2D eigenvalue weighted by Gasteiger charge is 2.44. The molecular weight excluding hydrogens is 363 g/mol. The largest absolute Gasteiger partial charge is 0.354 e. The molecular formula is C20H19FN4OS. The van der Waals surface area contributed by atoms with E-state index in [2.05, 4.69) is 32.6 Å². The molecule has 27 heavy (non-hydrogen) atoms. The average Bonchev–Trinajstić information content (AvgIpc) is 3.36. The van der Waals surface area contributed by atoms with E-state index in [1.165, 1.54) is 23.4 Å². The van der Waals surface area contributed by atoms with Crippen LogP contribution >= 0.6 is 11.8 Å². The Morgan fingerprint density at radius 1 is 1.15 bits per heavy atom. The fourth-order valence-corrected chi connectivity index (χ4v) is 3.67. The van der Waals surface area contributed by atoms with E-state index in [0.717, 1.165) is 12.8 Å². The molecule has 5 nitrogen and oxygen atoms in total. The maximum Gasteiger partial charge on any atom is 0.230 e. The van der Waals surface area contributed by atoms with Crippen LogP contribution in [-0.2, 0) is 10.2 Å². The number of hydrogen-bond acceptors (Lipinski definition) is 4. The monoisotopic (exact) mass is 382 g/mol. The highest BCUT2D eigenvalue weighted by Crippen LogP contribution is 2.47. The summed E-state index contributed by atoms with van der Waals surface area (Å²) in [4.78, 5) is 16.5. The van der Waals surface area contributed by atoms with Gasteiger partial charge in [-0.3, -0.25) is 9.89 Å². The fraction of sp³-hybridized carbons (Fsp3) is 0.250. The van der Waals surface area contributed by atoms with Gasteiger partial charge in [0.2, 0.25) is 11.1 Å². The van der Waals surface area contributed by atoms with Gasteiger partial charge in [0.1, 0.15) is 5.82 Å². The summed E-state index contributed by atoms with van der Waals surface area (Å²) in [7, 11) is 0. The van der Waals surface area contributed by atoms with Crippen LogP contribution in [-0.4, -0.2) is 33.4 Å². The Balaban J connectivity index is 1.30. The van der Waals surface area contributed by atoms with Gasteiger partial charge in [0, 0.05) is 12.0 Å². The Labute approximate surface area is 160 Å². The molecule has 3 aromatic rings. The van der Waals surface area contributed by atoms with Gasteiger partial charge in [-0.2, -0.15) is 0 Å². The molecule has 138 valence electrons. The first-order valence-corrected chi connectivity index (χ1v) is 9.77. The molecule has 1 aromatic heterocycles. The van der Waals surface area contributed by atoms with Gasteiger partial charge in [0.25, 0.3) is 0 Å². The normalized spacial score (nSPS) is 14.7. The maximum atomic E-state index is 13.8. The van der Waals surface area contributed by atoms with Crippen molar-refractivity contribution in [2.24, 2.45) is 0 Å². The lowest BCUT2D eigenvalue weighted by Gasteiger charge is -2.16. The summed E-state index contributed by atoms with van der Waals surface area (Å²) in [5, 5.41) is 10.2. The molecule has 4 rings (SSSR count). The van der Waals surface area contributed by atoms with Gasteiger partial charge < -0.3 is 5.32 Å². The predicted octanol–water partition coefficient (Wildman–Crippen LogP) is 3.55. The van der Waals surface area contributed by atoms with E-state index >= 15 is 0 Å². The van der Waals surface area contributed by atoms with Crippen molar-refractivity contribution in [1.82, 2.24) is 20.5 Å². The summed E-state index contributed by atoms with van der Waals surface area (Å²) < 4.78 is 13.8. The molecule has 1 saturated carbocycles. The third-order valence-corrected chi connectivity index (χ3v) is 5.64. The molecule has 0 aliphatic heterocycles. The standard InChI is InChI=1S/C20H19FN4OS/c21-16-9-5-4-8-15(16)18-23-19(25-24-18)27-12-17(26)22-13-20(10-11-20)14-6-2-1-3-7-14/h1-9H,10-13H2,(H,22,26)(H,23,24,25). The van der Waals surface area contributed by atoms with Crippen molar-refractivity contribution < 1.29 is 9.18 Å². The summed E-state index contributed by atoms with van der Waals surface area (Å²) in [6.07, 6.45) is 2.19. The van der Waals surface area contributed by atoms with E-state index < -0.39 is 0 Å². The van der Waals surface area contributed by atoms with Gasteiger partial charge in [-0.15, -0.1) is 5.10 Å². The zero-order valence-corrected chi connectivity index (χ0v) is 15.4. The number of rotatable bonds is 7. The maximum absolute atomic E-state index is 13.8. The summed E-state index contributed by atoms with van der Waals surface area (Å²) in [5.41, 5.74) is 1.73. The number of aromatic amines is 1. The summed E-state index contributed by atoms with van der Waals surface area (Å²) in [6.45, 7) is 0.644. The number of carbonyl (C=O) groups is 1. The Hall–Kier alpha value is -2.67. The van der Waals surface area contributed by atoms with E-state index in [0.29, 0.717) is 23.1 Å². The second-order valence-corrected chi connectivity index (χ2v) is 7.60. The third kappa shape index (κ3) is 4.03. The van der Waals surface area contributed by atoms with Crippen LogP contribution < -0.4 is 5.32 Å². The van der Waals surface area contributed by atoms with E-state index in [1.54, 1.807) is 18.2 Å². The number of aromatic nitrogens is 3. The van der Waals surface area contributed by atoms with Gasteiger partial charge in [-0.25, -0.2) is 9.37 Å². The van der Waals surface area contributed by atoms with Gasteiger partial charge >= 0.3 is 0 Å². The van der Waals surface area contributed by atoms with Gasteiger partial charge in [0.15, 0.2) is 5.82 Å². The molecule has 0 spiro atoms. The summed E-state index contributed by atoms with van der Waals surface area (Å²) in [5.74, 6) is 0.162. The lowest BCUT2D eigenvalue weighted by Crippen LogP contribution is -2.33. The number of H-pyrrole nitrogens is 1. The number of thioether (sulfide) groups is 1. The quantitative estimate of drug-likeness (QED) is 0.613. The first kappa shape index (κ1) is 17.7. The van der Waals surface area contributed by atoms with Gasteiger partial charge in [-0.05, 0) is 30.5 Å². The Kier molecular flexibility index (Phi) is 4.94. The van der Waals surface area contributed by atoms with Crippen molar-refractivity contribution in [2.45, 2.75) is 23.4 Å². The van der Waals surface area contributed by atoms with E-state index in [-0.39, 0.29) is 22.9 Å². The number of nitrogens with zero attached hydrogens (tertiary/aromatic N) is 2. The zero-order chi connectivity index (χ0) is 18.7. The Bertz CT molecular complexity index is 940. The van der Waals surface area contributed by atoms with Crippen LogP contribution in [0.3, 0.4) is 0 Å². The highest BCUT2D eigenvalue weighted by atomic mass is 32.2. The number of halogens is 1. The molecule has 1 amide bonds. The minimum Gasteiger partial charge on any atom is -0.354 e. The lowest BCUT2D eigenvalue weighted by atomic mass is 9.96. The molecule has 1 heterocycles. The van der Waals surface area contributed by atoms with Crippen molar-refractivity contribution in [2.75, 3.05) is 12.3 Å². The molecule has 2 N–H and O–H groups in total. The molecule has 7 heteroatoms. The van der Waals surface area contributed by atoms with E-state index in [1.807, 2.05) is 18.2 Å². The van der Waals surface area contributed by atoms with Crippen molar-refractivity contribution in [3.8, 4) is 11.4 Å². The first-order chi connectivity index (χ1) is 13.2. The summed E-state index contributed by atoms with van der Waals surface area (Å²) >= 11 is 1.23. The molecule has 0 saturated heterocycles. The average molecular weight is 382 g/mol. The first-order valence-electron chi connectivity index (χ1n) is 8.79. The van der Waals surface area contributed by atoms with E-state index in [4.69, 9.17) is 0 Å². The minimum atomic E-state index is -0.362. The lowest BCUT2D eigenvalue weighted by molar-refractivity contribution is -0.118. The van der Waals surface area contributed by atoms with Crippen molar-refractivity contribution in [3.05, 3.63) is 66.0 Å². The molecule has 1 aliphatic rings. The molecule has 0 radical (unpaired) electrons. The number of carbonyl (C=O) groups excluding carboxylic acids is 1. The summed E-state index contributed by atoms with van der Waals surface area (Å²) in [6, 6.07) is 16.7. The molecule has 1 aliphatic carbocycles. The van der Waals surface area contributed by atoms with Crippen LogP contribution in [0.2, 0.25) is 0 Å².